The maximum absolute atomic E-state index is 10.8. The van der Waals surface area contributed by atoms with Gasteiger partial charge in [-0.15, -0.1) is 0 Å². The third-order valence-corrected chi connectivity index (χ3v) is 2.20. The van der Waals surface area contributed by atoms with Crippen molar-refractivity contribution < 1.29 is 9.53 Å². The number of rotatable bonds is 2. The fourth-order valence-electron chi connectivity index (χ4n) is 1.56. The van der Waals surface area contributed by atoms with Gasteiger partial charge >= 0.3 is 0 Å². The number of ether oxygens (including phenoxy) is 1. The molecule has 0 aliphatic heterocycles. The number of carbonyl (C=O) groups is 1. The topological polar surface area (TPSA) is 44.1 Å². The van der Waals surface area contributed by atoms with E-state index in [0.717, 1.165) is 17.2 Å². The van der Waals surface area contributed by atoms with Crippen LogP contribution in [0.5, 0.6) is 5.75 Å². The molecule has 0 fully saturated rings. The van der Waals surface area contributed by atoms with Gasteiger partial charge in [0, 0.05) is 7.05 Å². The van der Waals surface area contributed by atoms with Gasteiger partial charge in [-0.3, -0.25) is 9.48 Å². The van der Waals surface area contributed by atoms with Crippen molar-refractivity contribution in [2.24, 2.45) is 7.05 Å². The molecule has 4 heteroatoms. The lowest BCUT2D eigenvalue weighted by Crippen LogP contribution is -1.90. The van der Waals surface area contributed by atoms with Gasteiger partial charge < -0.3 is 4.74 Å². The molecule has 1 heterocycles. The van der Waals surface area contributed by atoms with Gasteiger partial charge in [-0.2, -0.15) is 5.10 Å². The first-order valence-electron chi connectivity index (χ1n) is 4.23. The molecule has 0 atom stereocenters. The molecule has 0 spiro atoms. The highest BCUT2D eigenvalue weighted by Gasteiger charge is 2.11. The Morgan fingerprint density at radius 1 is 1.50 bits per heavy atom. The minimum absolute atomic E-state index is 0.417. The second-order valence-corrected chi connectivity index (χ2v) is 2.98. The summed E-state index contributed by atoms with van der Waals surface area (Å²) in [5.74, 6) is 0.678. The number of hydrogen-bond acceptors (Lipinski definition) is 3. The van der Waals surface area contributed by atoms with Crippen LogP contribution in [0.3, 0.4) is 0 Å². The Morgan fingerprint density at radius 2 is 2.29 bits per heavy atom. The smallest absolute Gasteiger partial charge is 0.171 e. The highest BCUT2D eigenvalue weighted by molar-refractivity contribution is 5.99. The van der Waals surface area contributed by atoms with Crippen molar-refractivity contribution in [1.82, 2.24) is 9.78 Å². The van der Waals surface area contributed by atoms with E-state index in [1.165, 1.54) is 0 Å². The lowest BCUT2D eigenvalue weighted by molar-refractivity contribution is 0.111. The molecule has 0 radical (unpaired) electrons. The summed E-state index contributed by atoms with van der Waals surface area (Å²) < 4.78 is 6.84. The van der Waals surface area contributed by atoms with Crippen LogP contribution in [-0.2, 0) is 7.05 Å². The molecule has 0 saturated heterocycles. The van der Waals surface area contributed by atoms with Crippen LogP contribution in [0.2, 0.25) is 0 Å². The lowest BCUT2D eigenvalue weighted by Gasteiger charge is -2.00. The van der Waals surface area contributed by atoms with Crippen LogP contribution in [0.1, 0.15) is 10.5 Å². The summed E-state index contributed by atoms with van der Waals surface area (Å²) in [4.78, 5) is 10.8. The second kappa shape index (κ2) is 3.14. The predicted molar refractivity (Wildman–Crippen MR) is 52.7 cm³/mol. The molecule has 2 aromatic rings. The normalized spacial score (nSPS) is 10.4. The van der Waals surface area contributed by atoms with Gasteiger partial charge in [-0.25, -0.2) is 0 Å². The zero-order valence-corrected chi connectivity index (χ0v) is 8.02. The number of hydrogen-bond donors (Lipinski definition) is 0. The fraction of sp³-hybridized carbons (Fsp3) is 0.200. The van der Waals surface area contributed by atoms with E-state index in [4.69, 9.17) is 4.74 Å². The quantitative estimate of drug-likeness (QED) is 0.672. The Hall–Kier alpha value is -1.84. The molecule has 0 amide bonds. The zero-order chi connectivity index (χ0) is 10.1. The van der Waals surface area contributed by atoms with Gasteiger partial charge in [0.1, 0.15) is 11.4 Å². The molecule has 1 aromatic carbocycles. The number of carbonyl (C=O) groups excluding carboxylic acids is 1. The van der Waals surface area contributed by atoms with Gasteiger partial charge in [0.25, 0.3) is 0 Å². The average molecular weight is 190 g/mol. The summed E-state index contributed by atoms with van der Waals surface area (Å²) >= 11 is 0. The van der Waals surface area contributed by atoms with Crippen LogP contribution in [0, 0.1) is 0 Å². The van der Waals surface area contributed by atoms with E-state index in [9.17, 15) is 4.79 Å². The first-order chi connectivity index (χ1) is 6.77. The van der Waals surface area contributed by atoms with E-state index in [0.29, 0.717) is 11.4 Å². The number of aryl methyl sites for hydroxylation is 1. The molecule has 14 heavy (non-hydrogen) atoms. The van der Waals surface area contributed by atoms with Crippen LogP contribution >= 0.6 is 0 Å². The largest absolute Gasteiger partial charge is 0.496 e. The maximum atomic E-state index is 10.8. The number of aldehydes is 1. The van der Waals surface area contributed by atoms with Gasteiger partial charge in [-0.05, 0) is 12.1 Å². The third kappa shape index (κ3) is 1.08. The predicted octanol–water partition coefficient (Wildman–Crippen LogP) is 1.39. The first kappa shape index (κ1) is 8.74. The fourth-order valence-corrected chi connectivity index (χ4v) is 1.56. The molecule has 0 N–H and O–H groups in total. The van der Waals surface area contributed by atoms with E-state index >= 15 is 0 Å². The molecule has 72 valence electrons. The van der Waals surface area contributed by atoms with Crippen LogP contribution < -0.4 is 4.74 Å². The van der Waals surface area contributed by atoms with E-state index in [-0.39, 0.29) is 0 Å². The van der Waals surface area contributed by atoms with Crippen molar-refractivity contribution in [2.45, 2.75) is 0 Å². The Labute approximate surface area is 81.1 Å². The maximum Gasteiger partial charge on any atom is 0.171 e. The highest BCUT2D eigenvalue weighted by Crippen LogP contribution is 2.27. The second-order valence-electron chi connectivity index (χ2n) is 2.98. The molecule has 0 saturated carbocycles. The summed E-state index contributed by atoms with van der Waals surface area (Å²) in [7, 11) is 3.38. The standard InChI is InChI=1S/C10H10N2O2/c1-12-8-4-3-5-9(14-2)10(8)7(6-13)11-12/h3-6H,1-2H3. The first-order valence-corrected chi connectivity index (χ1v) is 4.23. The SMILES string of the molecule is COc1cccc2c1c(C=O)nn2C. The van der Waals surface area contributed by atoms with Crippen LogP contribution in [0.25, 0.3) is 10.9 Å². The van der Waals surface area contributed by atoms with E-state index in [2.05, 4.69) is 5.10 Å². The number of benzene rings is 1. The summed E-state index contributed by atoms with van der Waals surface area (Å²) in [5, 5.41) is 4.86. The third-order valence-electron chi connectivity index (χ3n) is 2.20. The van der Waals surface area contributed by atoms with Crippen molar-refractivity contribution in [3.63, 3.8) is 0 Å². The Bertz CT molecular complexity index is 488. The number of aromatic nitrogens is 2. The van der Waals surface area contributed by atoms with Crippen LogP contribution in [0.4, 0.5) is 0 Å². The number of fused-ring (bicyclic) bond motifs is 1. The molecule has 1 aromatic heterocycles. The molecule has 0 aliphatic rings. The van der Waals surface area contributed by atoms with E-state index < -0.39 is 0 Å². The van der Waals surface area contributed by atoms with Crippen molar-refractivity contribution in [3.8, 4) is 5.75 Å². The molecular formula is C10H10N2O2. The van der Waals surface area contributed by atoms with Gasteiger partial charge in [0.15, 0.2) is 6.29 Å². The Balaban J connectivity index is 2.89. The average Bonchev–Trinajstić information content (AvgIpc) is 2.56. The van der Waals surface area contributed by atoms with E-state index in [1.54, 1.807) is 18.8 Å². The van der Waals surface area contributed by atoms with Crippen molar-refractivity contribution >= 4 is 17.2 Å². The van der Waals surface area contributed by atoms with Gasteiger partial charge in [-0.1, -0.05) is 6.07 Å². The van der Waals surface area contributed by atoms with Crippen LogP contribution in [0.15, 0.2) is 18.2 Å². The monoisotopic (exact) mass is 190 g/mol. The summed E-state index contributed by atoms with van der Waals surface area (Å²) in [6.07, 6.45) is 0.741. The van der Waals surface area contributed by atoms with Crippen molar-refractivity contribution in [3.05, 3.63) is 23.9 Å². The highest BCUT2D eigenvalue weighted by atomic mass is 16.5. The summed E-state index contributed by atoms with van der Waals surface area (Å²) in [5.41, 5.74) is 1.31. The van der Waals surface area contributed by atoms with Crippen molar-refractivity contribution in [1.29, 1.82) is 0 Å². The number of methoxy groups -OCH3 is 1. The minimum atomic E-state index is 0.417. The lowest BCUT2D eigenvalue weighted by atomic mass is 10.2. The van der Waals surface area contributed by atoms with Crippen LogP contribution in [-0.4, -0.2) is 23.2 Å². The van der Waals surface area contributed by atoms with E-state index in [1.807, 2.05) is 18.2 Å². The minimum Gasteiger partial charge on any atom is -0.496 e. The van der Waals surface area contributed by atoms with Gasteiger partial charge in [0.2, 0.25) is 0 Å². The summed E-state index contributed by atoms with van der Waals surface area (Å²) in [6, 6.07) is 5.59. The number of nitrogens with zero attached hydrogens (tertiary/aromatic N) is 2. The Kier molecular flexibility index (Phi) is 1.96. The Morgan fingerprint density at radius 3 is 2.93 bits per heavy atom. The molecule has 0 unspecified atom stereocenters. The molecule has 0 aliphatic carbocycles. The molecule has 2 rings (SSSR count). The summed E-state index contributed by atoms with van der Waals surface area (Å²) in [6.45, 7) is 0. The molecular weight excluding hydrogens is 180 g/mol. The molecule has 0 bridgehead atoms. The molecule has 4 nitrogen and oxygen atoms in total. The zero-order valence-electron chi connectivity index (χ0n) is 8.02. The van der Waals surface area contributed by atoms with Gasteiger partial charge in [0.05, 0.1) is 18.0 Å². The van der Waals surface area contributed by atoms with Crippen molar-refractivity contribution in [2.75, 3.05) is 7.11 Å².